The Labute approximate surface area is 163 Å². The molecule has 27 heavy (non-hydrogen) atoms. The minimum atomic E-state index is 0.724. The van der Waals surface area contributed by atoms with Gasteiger partial charge in [-0.1, -0.05) is 18.2 Å². The summed E-state index contributed by atoms with van der Waals surface area (Å²) >= 11 is 0. The molecule has 0 saturated carbocycles. The van der Waals surface area contributed by atoms with Crippen molar-refractivity contribution in [2.45, 2.75) is 20.3 Å². The zero-order valence-electron chi connectivity index (χ0n) is 16.8. The molecule has 4 heteroatoms. The van der Waals surface area contributed by atoms with E-state index in [1.54, 1.807) is 0 Å². The van der Waals surface area contributed by atoms with Gasteiger partial charge >= 0.3 is 0 Å². The third kappa shape index (κ3) is 4.81. The van der Waals surface area contributed by atoms with Crippen LogP contribution in [0.2, 0.25) is 0 Å². The molecule has 2 aromatic carbocycles. The van der Waals surface area contributed by atoms with Crippen LogP contribution in [0.1, 0.15) is 23.1 Å². The van der Waals surface area contributed by atoms with Crippen molar-refractivity contribution in [2.75, 3.05) is 56.1 Å². The second-order valence-corrected chi connectivity index (χ2v) is 7.48. The molecule has 142 valence electrons. The molecule has 0 radical (unpaired) electrons. The van der Waals surface area contributed by atoms with E-state index in [0.717, 1.165) is 56.9 Å². The average molecular weight is 363 g/mol. The van der Waals surface area contributed by atoms with E-state index in [0.29, 0.717) is 0 Å². The van der Waals surface area contributed by atoms with E-state index >= 15 is 0 Å². The van der Waals surface area contributed by atoms with Gasteiger partial charge in [0.2, 0.25) is 0 Å². The van der Waals surface area contributed by atoms with Gasteiger partial charge in [0, 0.05) is 51.1 Å². The minimum Gasteiger partial charge on any atom is -0.375 e. The molecule has 0 bridgehead atoms. The van der Waals surface area contributed by atoms with Crippen LogP contribution in [-0.2, 0) is 0 Å². The predicted molar refractivity (Wildman–Crippen MR) is 114 cm³/mol. The van der Waals surface area contributed by atoms with Gasteiger partial charge in [0.25, 0.3) is 0 Å². The molecular formula is C23H30N4. The summed E-state index contributed by atoms with van der Waals surface area (Å²) in [6, 6.07) is 16.7. The van der Waals surface area contributed by atoms with Gasteiger partial charge in [-0.05, 0) is 62.2 Å². The molecular weight excluding hydrogens is 332 g/mol. The number of hydrogen-bond donors (Lipinski definition) is 0. The standard InChI is InChI=1S/C23H30N4/c1-19-7-4-10-23(20(19)2)27-15-13-26(14-16-27)12-6-11-25(3)22-9-5-8-21(17-22)18-24/h4-5,7-10,17H,6,11-16H2,1-3H3. The van der Waals surface area contributed by atoms with Crippen LogP contribution in [0.25, 0.3) is 0 Å². The van der Waals surface area contributed by atoms with E-state index in [9.17, 15) is 0 Å². The van der Waals surface area contributed by atoms with Gasteiger partial charge in [0.1, 0.15) is 0 Å². The molecule has 1 fully saturated rings. The van der Waals surface area contributed by atoms with Crippen molar-refractivity contribution < 1.29 is 0 Å². The molecule has 1 aliphatic rings. The highest BCUT2D eigenvalue weighted by molar-refractivity contribution is 5.56. The third-order valence-electron chi connectivity index (χ3n) is 5.67. The summed E-state index contributed by atoms with van der Waals surface area (Å²) in [5.41, 5.74) is 6.02. The molecule has 0 aliphatic carbocycles. The number of aryl methyl sites for hydroxylation is 1. The monoisotopic (exact) mass is 362 g/mol. The number of benzene rings is 2. The lowest BCUT2D eigenvalue weighted by atomic mass is 10.1. The fourth-order valence-electron chi connectivity index (χ4n) is 3.76. The highest BCUT2D eigenvalue weighted by atomic mass is 15.3. The Hall–Kier alpha value is -2.51. The van der Waals surface area contributed by atoms with E-state index in [1.165, 1.54) is 16.8 Å². The Balaban J connectivity index is 1.44. The second-order valence-electron chi connectivity index (χ2n) is 7.48. The molecule has 1 aliphatic heterocycles. The van der Waals surface area contributed by atoms with Crippen LogP contribution in [-0.4, -0.2) is 51.2 Å². The molecule has 1 saturated heterocycles. The molecule has 4 nitrogen and oxygen atoms in total. The molecule has 2 aromatic rings. The summed E-state index contributed by atoms with van der Waals surface area (Å²) < 4.78 is 0. The first-order valence-electron chi connectivity index (χ1n) is 9.83. The van der Waals surface area contributed by atoms with Crippen molar-refractivity contribution in [1.82, 2.24) is 4.90 Å². The van der Waals surface area contributed by atoms with Gasteiger partial charge in [0.15, 0.2) is 0 Å². The summed E-state index contributed by atoms with van der Waals surface area (Å²) in [6.07, 6.45) is 1.14. The number of nitriles is 1. The highest BCUT2D eigenvalue weighted by Crippen LogP contribution is 2.24. The quantitative estimate of drug-likeness (QED) is 0.782. The molecule has 0 amide bonds. The SMILES string of the molecule is Cc1cccc(N2CCN(CCCN(C)c3cccc(C#N)c3)CC2)c1C. The van der Waals surface area contributed by atoms with Crippen molar-refractivity contribution >= 4 is 11.4 Å². The van der Waals surface area contributed by atoms with E-state index in [4.69, 9.17) is 5.26 Å². The van der Waals surface area contributed by atoms with Crippen molar-refractivity contribution in [3.63, 3.8) is 0 Å². The summed E-state index contributed by atoms with van der Waals surface area (Å²) in [5, 5.41) is 9.05. The lowest BCUT2D eigenvalue weighted by Gasteiger charge is -2.37. The lowest BCUT2D eigenvalue weighted by molar-refractivity contribution is 0.256. The first-order chi connectivity index (χ1) is 13.1. The summed E-state index contributed by atoms with van der Waals surface area (Å²) in [5.74, 6) is 0. The Morgan fingerprint density at radius 1 is 1.04 bits per heavy atom. The third-order valence-corrected chi connectivity index (χ3v) is 5.67. The van der Waals surface area contributed by atoms with Crippen molar-refractivity contribution in [3.8, 4) is 6.07 Å². The average Bonchev–Trinajstić information content (AvgIpc) is 2.70. The Kier molecular flexibility index (Phi) is 6.36. The van der Waals surface area contributed by atoms with E-state index < -0.39 is 0 Å². The molecule has 0 atom stereocenters. The van der Waals surface area contributed by atoms with Gasteiger partial charge < -0.3 is 9.80 Å². The van der Waals surface area contributed by atoms with E-state index in [1.807, 2.05) is 18.2 Å². The predicted octanol–water partition coefficient (Wildman–Crippen LogP) is 3.82. The van der Waals surface area contributed by atoms with Gasteiger partial charge in [-0.25, -0.2) is 0 Å². The fourth-order valence-corrected chi connectivity index (χ4v) is 3.76. The highest BCUT2D eigenvalue weighted by Gasteiger charge is 2.18. The lowest BCUT2D eigenvalue weighted by Crippen LogP contribution is -2.47. The Morgan fingerprint density at radius 3 is 2.52 bits per heavy atom. The molecule has 0 aromatic heterocycles. The van der Waals surface area contributed by atoms with E-state index in [-0.39, 0.29) is 0 Å². The Morgan fingerprint density at radius 2 is 1.78 bits per heavy atom. The number of rotatable bonds is 6. The number of nitrogens with zero attached hydrogens (tertiary/aromatic N) is 4. The second kappa shape index (κ2) is 8.92. The topological polar surface area (TPSA) is 33.5 Å². The van der Waals surface area contributed by atoms with Crippen LogP contribution in [0.5, 0.6) is 0 Å². The molecule has 0 spiro atoms. The van der Waals surface area contributed by atoms with Crippen LogP contribution >= 0.6 is 0 Å². The van der Waals surface area contributed by atoms with Crippen LogP contribution in [0.3, 0.4) is 0 Å². The molecule has 3 rings (SSSR count). The van der Waals surface area contributed by atoms with Crippen LogP contribution < -0.4 is 9.80 Å². The normalized spacial score (nSPS) is 14.8. The fraction of sp³-hybridized carbons (Fsp3) is 0.435. The number of anilines is 2. The van der Waals surface area contributed by atoms with Crippen LogP contribution in [0.15, 0.2) is 42.5 Å². The first kappa shape index (κ1) is 19.3. The zero-order chi connectivity index (χ0) is 19.2. The van der Waals surface area contributed by atoms with Crippen molar-refractivity contribution in [3.05, 3.63) is 59.2 Å². The smallest absolute Gasteiger partial charge is 0.0992 e. The molecule has 1 heterocycles. The number of piperazine rings is 1. The summed E-state index contributed by atoms with van der Waals surface area (Å²) in [6.45, 7) is 11.0. The van der Waals surface area contributed by atoms with Crippen molar-refractivity contribution in [1.29, 1.82) is 5.26 Å². The van der Waals surface area contributed by atoms with E-state index in [2.05, 4.69) is 65.9 Å². The molecule has 0 N–H and O–H groups in total. The van der Waals surface area contributed by atoms with Crippen molar-refractivity contribution in [2.24, 2.45) is 0 Å². The van der Waals surface area contributed by atoms with Crippen LogP contribution in [0, 0.1) is 25.2 Å². The number of hydrogen-bond acceptors (Lipinski definition) is 4. The van der Waals surface area contributed by atoms with Crippen LogP contribution in [0.4, 0.5) is 11.4 Å². The first-order valence-corrected chi connectivity index (χ1v) is 9.83. The maximum absolute atomic E-state index is 9.05. The van der Waals surface area contributed by atoms with Gasteiger partial charge in [-0.15, -0.1) is 0 Å². The largest absolute Gasteiger partial charge is 0.375 e. The molecule has 0 unspecified atom stereocenters. The van der Waals surface area contributed by atoms with Gasteiger partial charge in [-0.3, -0.25) is 4.90 Å². The Bertz CT molecular complexity index is 800. The maximum atomic E-state index is 9.05. The van der Waals surface area contributed by atoms with Gasteiger partial charge in [-0.2, -0.15) is 5.26 Å². The summed E-state index contributed by atoms with van der Waals surface area (Å²) in [4.78, 5) is 7.34. The zero-order valence-corrected chi connectivity index (χ0v) is 16.8. The van der Waals surface area contributed by atoms with Gasteiger partial charge in [0.05, 0.1) is 11.6 Å². The summed E-state index contributed by atoms with van der Waals surface area (Å²) in [7, 11) is 2.11. The maximum Gasteiger partial charge on any atom is 0.0992 e. The minimum absolute atomic E-state index is 0.724.